The second-order valence-electron chi connectivity index (χ2n) is 11.4. The number of halogens is 2. The molecule has 0 N–H and O–H groups in total. The van der Waals surface area contributed by atoms with Crippen LogP contribution in [-0.4, -0.2) is 32.9 Å². The zero-order chi connectivity index (χ0) is 29.1. The lowest BCUT2D eigenvalue weighted by atomic mass is 9.98. The Morgan fingerprint density at radius 3 is 2.08 bits per heavy atom. The van der Waals surface area contributed by atoms with Gasteiger partial charge >= 0.3 is 11.9 Å². The molecule has 0 atom stereocenters. The predicted molar refractivity (Wildman–Crippen MR) is 148 cm³/mol. The number of hydrogen-bond acceptors (Lipinski definition) is 6. The molecule has 39 heavy (non-hydrogen) atoms. The van der Waals surface area contributed by atoms with Gasteiger partial charge in [-0.1, -0.05) is 29.8 Å². The number of carbonyl (C=O) groups is 2. The number of benzene rings is 2. The van der Waals surface area contributed by atoms with E-state index in [0.29, 0.717) is 27.4 Å². The molecule has 0 saturated carbocycles. The van der Waals surface area contributed by atoms with E-state index in [1.54, 1.807) is 84.9 Å². The SMILES string of the molecule is Cc1cc(-c2cc(CC(C(=O)OC(C)(C)C)C(=O)OC(C)(C)C)c(=O)n(Cc3ccccc3Cl)n2)ccc1F. The Morgan fingerprint density at radius 2 is 1.54 bits per heavy atom. The number of ether oxygens (including phenoxy) is 2. The van der Waals surface area contributed by atoms with Crippen LogP contribution in [0.2, 0.25) is 5.02 Å². The molecule has 9 heteroatoms. The number of aryl methyl sites for hydroxylation is 1. The highest BCUT2D eigenvalue weighted by molar-refractivity contribution is 6.31. The van der Waals surface area contributed by atoms with Gasteiger partial charge in [0.25, 0.3) is 5.56 Å². The summed E-state index contributed by atoms with van der Waals surface area (Å²) in [7, 11) is 0. The third-order valence-electron chi connectivity index (χ3n) is 5.59. The molecular formula is C30H34ClFN2O5. The number of carbonyl (C=O) groups excluding carboxylic acids is 2. The van der Waals surface area contributed by atoms with Crippen LogP contribution in [0.1, 0.15) is 58.2 Å². The maximum absolute atomic E-state index is 14.0. The van der Waals surface area contributed by atoms with E-state index in [2.05, 4.69) is 5.10 Å². The van der Waals surface area contributed by atoms with Crippen molar-refractivity contribution in [1.82, 2.24) is 9.78 Å². The van der Waals surface area contributed by atoms with E-state index in [-0.39, 0.29) is 24.3 Å². The van der Waals surface area contributed by atoms with Crippen LogP contribution in [0.3, 0.4) is 0 Å². The minimum atomic E-state index is -1.39. The summed E-state index contributed by atoms with van der Waals surface area (Å²) in [5.74, 6) is -3.37. The van der Waals surface area contributed by atoms with Crippen LogP contribution >= 0.6 is 11.6 Å². The van der Waals surface area contributed by atoms with Crippen LogP contribution in [0.15, 0.2) is 53.3 Å². The second kappa shape index (κ2) is 11.7. The van der Waals surface area contributed by atoms with Gasteiger partial charge in [-0.25, -0.2) is 9.07 Å². The highest BCUT2D eigenvalue weighted by atomic mass is 35.5. The van der Waals surface area contributed by atoms with Gasteiger partial charge in [-0.2, -0.15) is 5.10 Å². The zero-order valence-corrected chi connectivity index (χ0v) is 24.1. The van der Waals surface area contributed by atoms with Crippen LogP contribution in [-0.2, 0) is 32.0 Å². The normalized spacial score (nSPS) is 11.9. The van der Waals surface area contributed by atoms with Crippen molar-refractivity contribution in [3.63, 3.8) is 0 Å². The molecule has 0 spiro atoms. The highest BCUT2D eigenvalue weighted by Gasteiger charge is 2.36. The lowest BCUT2D eigenvalue weighted by molar-refractivity contribution is -0.174. The van der Waals surface area contributed by atoms with Crippen LogP contribution in [0.5, 0.6) is 0 Å². The second-order valence-corrected chi connectivity index (χ2v) is 11.8. The molecular weight excluding hydrogens is 523 g/mol. The molecule has 2 aromatic carbocycles. The number of rotatable bonds is 7. The summed E-state index contributed by atoms with van der Waals surface area (Å²) in [5.41, 5.74) is -0.0951. The molecule has 0 aliphatic heterocycles. The van der Waals surface area contributed by atoms with E-state index in [0.717, 1.165) is 0 Å². The van der Waals surface area contributed by atoms with Crippen molar-refractivity contribution in [3.8, 4) is 11.3 Å². The average molecular weight is 557 g/mol. The topological polar surface area (TPSA) is 87.5 Å². The summed E-state index contributed by atoms with van der Waals surface area (Å²) in [6, 6.07) is 13.0. The summed E-state index contributed by atoms with van der Waals surface area (Å²) in [4.78, 5) is 39.9. The minimum Gasteiger partial charge on any atom is -0.459 e. The molecule has 208 valence electrons. The maximum Gasteiger partial charge on any atom is 0.321 e. The van der Waals surface area contributed by atoms with E-state index in [9.17, 15) is 18.8 Å². The Morgan fingerprint density at radius 1 is 0.949 bits per heavy atom. The van der Waals surface area contributed by atoms with Crippen LogP contribution in [0, 0.1) is 18.7 Å². The number of aromatic nitrogens is 2. The first-order chi connectivity index (χ1) is 18.0. The first-order valence-corrected chi connectivity index (χ1v) is 13.0. The molecule has 0 aliphatic carbocycles. The largest absolute Gasteiger partial charge is 0.459 e. The zero-order valence-electron chi connectivity index (χ0n) is 23.3. The molecule has 0 aliphatic rings. The number of hydrogen-bond donors (Lipinski definition) is 0. The van der Waals surface area contributed by atoms with Crippen molar-refractivity contribution >= 4 is 23.5 Å². The van der Waals surface area contributed by atoms with Crippen LogP contribution in [0.4, 0.5) is 4.39 Å². The van der Waals surface area contributed by atoms with E-state index in [1.807, 2.05) is 0 Å². The Hall–Kier alpha value is -3.52. The third-order valence-corrected chi connectivity index (χ3v) is 5.96. The average Bonchev–Trinajstić information content (AvgIpc) is 2.80. The molecule has 1 heterocycles. The quantitative estimate of drug-likeness (QED) is 0.266. The third kappa shape index (κ3) is 8.23. The summed E-state index contributed by atoms with van der Waals surface area (Å²) >= 11 is 6.34. The van der Waals surface area contributed by atoms with E-state index in [4.69, 9.17) is 21.1 Å². The van der Waals surface area contributed by atoms with Gasteiger partial charge in [-0.05, 0) is 89.9 Å². The predicted octanol–water partition coefficient (Wildman–Crippen LogP) is 5.90. The monoisotopic (exact) mass is 556 g/mol. The van der Waals surface area contributed by atoms with Gasteiger partial charge in [0.1, 0.15) is 17.0 Å². The van der Waals surface area contributed by atoms with Crippen molar-refractivity contribution in [3.05, 3.63) is 86.4 Å². The molecule has 0 amide bonds. The van der Waals surface area contributed by atoms with Crippen molar-refractivity contribution < 1.29 is 23.5 Å². The minimum absolute atomic E-state index is 0.0447. The molecule has 3 rings (SSSR count). The fourth-order valence-electron chi connectivity index (χ4n) is 3.81. The van der Waals surface area contributed by atoms with Crippen LogP contribution < -0.4 is 5.56 Å². The Balaban J connectivity index is 2.15. The smallest absolute Gasteiger partial charge is 0.321 e. The van der Waals surface area contributed by atoms with Gasteiger partial charge in [-0.15, -0.1) is 0 Å². The number of nitrogens with zero attached hydrogens (tertiary/aromatic N) is 2. The molecule has 7 nitrogen and oxygen atoms in total. The van der Waals surface area contributed by atoms with Crippen molar-refractivity contribution in [1.29, 1.82) is 0 Å². The van der Waals surface area contributed by atoms with E-state index in [1.165, 1.54) is 16.8 Å². The Labute approximate surface area is 232 Å². The standard InChI is InChI=1S/C30H34ClFN2O5/c1-18-14-19(12-13-24(18)32)25-16-21(26(35)34(33-25)17-20-10-8-9-11-23(20)31)15-22(27(36)38-29(2,3)4)28(37)39-30(5,6)7/h8-14,16,22H,15,17H2,1-7H3. The molecule has 0 bridgehead atoms. The van der Waals surface area contributed by atoms with Gasteiger partial charge in [-0.3, -0.25) is 14.4 Å². The summed E-state index contributed by atoms with van der Waals surface area (Å²) < 4.78 is 26.2. The maximum atomic E-state index is 14.0. The molecule has 1 aromatic heterocycles. The van der Waals surface area contributed by atoms with Crippen LogP contribution in [0.25, 0.3) is 11.3 Å². The van der Waals surface area contributed by atoms with E-state index >= 15 is 0 Å². The Kier molecular flexibility index (Phi) is 9.01. The Bertz CT molecular complexity index is 1410. The summed E-state index contributed by atoms with van der Waals surface area (Å²) in [6.07, 6.45) is -0.277. The molecule has 0 fully saturated rings. The first kappa shape index (κ1) is 30.0. The molecule has 0 unspecified atom stereocenters. The van der Waals surface area contributed by atoms with Gasteiger partial charge in [0.15, 0.2) is 5.92 Å². The van der Waals surface area contributed by atoms with Crippen molar-refractivity contribution in [2.75, 3.05) is 0 Å². The van der Waals surface area contributed by atoms with Gasteiger partial charge < -0.3 is 9.47 Å². The van der Waals surface area contributed by atoms with Crippen molar-refractivity contribution in [2.45, 2.75) is 72.6 Å². The first-order valence-electron chi connectivity index (χ1n) is 12.6. The molecule has 3 aromatic rings. The molecule has 0 radical (unpaired) electrons. The lowest BCUT2D eigenvalue weighted by Gasteiger charge is -2.26. The van der Waals surface area contributed by atoms with E-state index < -0.39 is 34.6 Å². The summed E-state index contributed by atoms with van der Waals surface area (Å²) in [6.45, 7) is 11.8. The fraction of sp³-hybridized carbons (Fsp3) is 0.400. The molecule has 0 saturated heterocycles. The fourth-order valence-corrected chi connectivity index (χ4v) is 4.01. The lowest BCUT2D eigenvalue weighted by Crippen LogP contribution is -2.39. The van der Waals surface area contributed by atoms with Gasteiger partial charge in [0.2, 0.25) is 0 Å². The number of esters is 2. The summed E-state index contributed by atoms with van der Waals surface area (Å²) in [5, 5.41) is 4.97. The highest BCUT2D eigenvalue weighted by Crippen LogP contribution is 2.24. The van der Waals surface area contributed by atoms with Gasteiger partial charge in [0, 0.05) is 22.6 Å². The van der Waals surface area contributed by atoms with Gasteiger partial charge in [0.05, 0.1) is 12.2 Å². The van der Waals surface area contributed by atoms with Crippen molar-refractivity contribution in [2.24, 2.45) is 5.92 Å².